The molecule has 1 aliphatic rings. The number of carbonyl (C=O) groups excluding carboxylic acids is 1. The summed E-state index contributed by atoms with van der Waals surface area (Å²) in [5.41, 5.74) is 4.42. The summed E-state index contributed by atoms with van der Waals surface area (Å²) in [5, 5.41) is 0. The number of benzene rings is 1. The zero-order valence-corrected chi connectivity index (χ0v) is 9.04. The van der Waals surface area contributed by atoms with Crippen LogP contribution >= 0.6 is 0 Å². The number of esters is 1. The molecule has 1 aliphatic carbocycles. The van der Waals surface area contributed by atoms with Crippen molar-refractivity contribution in [1.29, 1.82) is 0 Å². The smallest absolute Gasteiger partial charge is 0.338 e. The Bertz CT molecular complexity index is 430. The monoisotopic (exact) mass is 202 g/mol. The van der Waals surface area contributed by atoms with E-state index < -0.39 is 0 Å². The van der Waals surface area contributed by atoms with Gasteiger partial charge in [-0.1, -0.05) is 17.7 Å². The zero-order chi connectivity index (χ0) is 10.8. The van der Waals surface area contributed by atoms with Gasteiger partial charge in [0.05, 0.1) is 12.2 Å². The molecule has 15 heavy (non-hydrogen) atoms. The first-order valence-corrected chi connectivity index (χ1v) is 5.18. The molecule has 78 valence electrons. The quantitative estimate of drug-likeness (QED) is 0.689. The second kappa shape index (κ2) is 3.89. The molecule has 2 rings (SSSR count). The molecule has 0 bridgehead atoms. The SMILES string of the molecule is CCOC(=O)c1ccc2c(c1)C=C(C)C2. The van der Waals surface area contributed by atoms with Crippen LogP contribution in [0, 0.1) is 0 Å². The van der Waals surface area contributed by atoms with Gasteiger partial charge >= 0.3 is 5.97 Å². The molecule has 0 aromatic heterocycles. The summed E-state index contributed by atoms with van der Waals surface area (Å²) in [6, 6.07) is 5.75. The average Bonchev–Trinajstić information content (AvgIpc) is 2.57. The molecule has 0 aliphatic heterocycles. The van der Waals surface area contributed by atoms with Gasteiger partial charge in [0.1, 0.15) is 0 Å². The Hall–Kier alpha value is -1.57. The highest BCUT2D eigenvalue weighted by Crippen LogP contribution is 2.25. The van der Waals surface area contributed by atoms with Crippen LogP contribution in [-0.4, -0.2) is 12.6 Å². The van der Waals surface area contributed by atoms with Gasteiger partial charge in [-0.3, -0.25) is 0 Å². The third kappa shape index (κ3) is 1.94. The first-order chi connectivity index (χ1) is 7.20. The number of carbonyl (C=O) groups is 1. The topological polar surface area (TPSA) is 26.3 Å². The molecule has 0 unspecified atom stereocenters. The normalized spacial score (nSPS) is 13.3. The predicted octanol–water partition coefficient (Wildman–Crippen LogP) is 2.82. The lowest BCUT2D eigenvalue weighted by Crippen LogP contribution is -2.04. The number of hydrogen-bond donors (Lipinski definition) is 0. The lowest BCUT2D eigenvalue weighted by atomic mass is 10.1. The molecule has 0 saturated carbocycles. The van der Waals surface area contributed by atoms with Gasteiger partial charge in [0.25, 0.3) is 0 Å². The van der Waals surface area contributed by atoms with Crippen molar-refractivity contribution in [3.63, 3.8) is 0 Å². The van der Waals surface area contributed by atoms with E-state index in [2.05, 4.69) is 13.0 Å². The fourth-order valence-electron chi connectivity index (χ4n) is 1.85. The van der Waals surface area contributed by atoms with Gasteiger partial charge in [0, 0.05) is 0 Å². The van der Waals surface area contributed by atoms with E-state index >= 15 is 0 Å². The number of ether oxygens (including phenoxy) is 1. The van der Waals surface area contributed by atoms with Crippen LogP contribution in [0.1, 0.15) is 35.3 Å². The second-order valence-corrected chi connectivity index (χ2v) is 3.80. The zero-order valence-electron chi connectivity index (χ0n) is 9.04. The van der Waals surface area contributed by atoms with Crippen LogP contribution in [0.25, 0.3) is 6.08 Å². The van der Waals surface area contributed by atoms with Crippen molar-refractivity contribution in [2.24, 2.45) is 0 Å². The van der Waals surface area contributed by atoms with Gasteiger partial charge in [-0.2, -0.15) is 0 Å². The molecule has 0 saturated heterocycles. The lowest BCUT2D eigenvalue weighted by Gasteiger charge is -2.03. The summed E-state index contributed by atoms with van der Waals surface area (Å²) in [7, 11) is 0. The highest BCUT2D eigenvalue weighted by molar-refractivity contribution is 5.90. The van der Waals surface area contributed by atoms with E-state index in [4.69, 9.17) is 4.74 Å². The Morgan fingerprint density at radius 3 is 3.00 bits per heavy atom. The van der Waals surface area contributed by atoms with E-state index in [9.17, 15) is 4.79 Å². The van der Waals surface area contributed by atoms with Crippen molar-refractivity contribution in [3.05, 3.63) is 40.5 Å². The van der Waals surface area contributed by atoms with E-state index in [1.54, 1.807) is 0 Å². The molecule has 0 heterocycles. The Morgan fingerprint density at radius 2 is 2.27 bits per heavy atom. The molecule has 0 amide bonds. The van der Waals surface area contributed by atoms with Crippen LogP contribution in [0.3, 0.4) is 0 Å². The second-order valence-electron chi connectivity index (χ2n) is 3.80. The summed E-state index contributed by atoms with van der Waals surface area (Å²) >= 11 is 0. The third-order valence-corrected chi connectivity index (χ3v) is 2.53. The van der Waals surface area contributed by atoms with Gasteiger partial charge in [-0.25, -0.2) is 4.79 Å². The summed E-state index contributed by atoms with van der Waals surface area (Å²) in [6.07, 6.45) is 3.12. The van der Waals surface area contributed by atoms with Crippen molar-refractivity contribution in [3.8, 4) is 0 Å². The Kier molecular flexibility index (Phi) is 2.58. The van der Waals surface area contributed by atoms with Gasteiger partial charge in [0.15, 0.2) is 0 Å². The molecule has 2 heteroatoms. The lowest BCUT2D eigenvalue weighted by molar-refractivity contribution is 0.0526. The highest BCUT2D eigenvalue weighted by atomic mass is 16.5. The minimum Gasteiger partial charge on any atom is -0.462 e. The Balaban J connectivity index is 2.29. The van der Waals surface area contributed by atoms with E-state index in [-0.39, 0.29) is 5.97 Å². The van der Waals surface area contributed by atoms with Crippen LogP contribution < -0.4 is 0 Å². The highest BCUT2D eigenvalue weighted by Gasteiger charge is 2.13. The number of hydrogen-bond acceptors (Lipinski definition) is 2. The molecule has 2 nitrogen and oxygen atoms in total. The number of fused-ring (bicyclic) bond motifs is 1. The van der Waals surface area contributed by atoms with Gasteiger partial charge in [-0.15, -0.1) is 0 Å². The van der Waals surface area contributed by atoms with Crippen molar-refractivity contribution in [2.75, 3.05) is 6.61 Å². The first kappa shape index (κ1) is 9.97. The number of rotatable bonds is 2. The largest absolute Gasteiger partial charge is 0.462 e. The average molecular weight is 202 g/mol. The van der Waals surface area contributed by atoms with Gasteiger partial charge < -0.3 is 4.74 Å². The molecular weight excluding hydrogens is 188 g/mol. The molecule has 0 N–H and O–H groups in total. The summed E-state index contributed by atoms with van der Waals surface area (Å²) in [6.45, 7) is 4.34. The van der Waals surface area contributed by atoms with Crippen LogP contribution in [-0.2, 0) is 11.2 Å². The summed E-state index contributed by atoms with van der Waals surface area (Å²) in [5.74, 6) is -0.238. The maximum absolute atomic E-state index is 11.5. The Labute approximate surface area is 89.6 Å². The molecule has 0 spiro atoms. The van der Waals surface area contributed by atoms with E-state index in [0.29, 0.717) is 12.2 Å². The minimum atomic E-state index is -0.238. The van der Waals surface area contributed by atoms with Gasteiger partial charge in [0.2, 0.25) is 0 Å². The fraction of sp³-hybridized carbons (Fsp3) is 0.308. The maximum Gasteiger partial charge on any atom is 0.338 e. The Morgan fingerprint density at radius 1 is 1.47 bits per heavy atom. The van der Waals surface area contributed by atoms with Crippen molar-refractivity contribution in [1.82, 2.24) is 0 Å². The van der Waals surface area contributed by atoms with Crippen molar-refractivity contribution < 1.29 is 9.53 Å². The van der Waals surface area contributed by atoms with Crippen molar-refractivity contribution in [2.45, 2.75) is 20.3 Å². The van der Waals surface area contributed by atoms with Crippen LogP contribution in [0.2, 0.25) is 0 Å². The van der Waals surface area contributed by atoms with E-state index in [1.165, 1.54) is 11.1 Å². The molecule has 1 aromatic rings. The maximum atomic E-state index is 11.5. The first-order valence-electron chi connectivity index (χ1n) is 5.18. The predicted molar refractivity (Wildman–Crippen MR) is 59.8 cm³/mol. The van der Waals surface area contributed by atoms with Crippen LogP contribution in [0.5, 0.6) is 0 Å². The van der Waals surface area contributed by atoms with E-state index in [0.717, 1.165) is 12.0 Å². The van der Waals surface area contributed by atoms with Crippen LogP contribution in [0.15, 0.2) is 23.8 Å². The molecule has 0 radical (unpaired) electrons. The fourth-order valence-corrected chi connectivity index (χ4v) is 1.85. The third-order valence-electron chi connectivity index (χ3n) is 2.53. The van der Waals surface area contributed by atoms with E-state index in [1.807, 2.05) is 25.1 Å². The summed E-state index contributed by atoms with van der Waals surface area (Å²) < 4.78 is 4.95. The van der Waals surface area contributed by atoms with Crippen LogP contribution in [0.4, 0.5) is 0 Å². The standard InChI is InChI=1S/C13H14O2/c1-3-15-13(14)11-5-4-10-6-9(2)7-12(10)8-11/h4-5,7-8H,3,6H2,1-2H3. The summed E-state index contributed by atoms with van der Waals surface area (Å²) in [4.78, 5) is 11.5. The molecule has 1 aromatic carbocycles. The molecular formula is C13H14O2. The number of allylic oxidation sites excluding steroid dienone is 1. The minimum absolute atomic E-state index is 0.238. The molecule has 0 atom stereocenters. The van der Waals surface area contributed by atoms with Crippen molar-refractivity contribution >= 4 is 12.0 Å². The van der Waals surface area contributed by atoms with Gasteiger partial charge in [-0.05, 0) is 43.5 Å². The molecule has 0 fully saturated rings.